The maximum absolute atomic E-state index is 12.9. The van der Waals surface area contributed by atoms with Crippen molar-refractivity contribution < 1.29 is 14.3 Å². The van der Waals surface area contributed by atoms with Gasteiger partial charge in [0.1, 0.15) is 5.82 Å². The van der Waals surface area contributed by atoms with Crippen LogP contribution in [0.3, 0.4) is 0 Å². The summed E-state index contributed by atoms with van der Waals surface area (Å²) in [6.45, 7) is 6.99. The van der Waals surface area contributed by atoms with Crippen LogP contribution in [0.2, 0.25) is 0 Å². The van der Waals surface area contributed by atoms with Gasteiger partial charge in [0.25, 0.3) is 0 Å². The highest BCUT2D eigenvalue weighted by Crippen LogP contribution is 2.26. The van der Waals surface area contributed by atoms with Crippen LogP contribution in [0.25, 0.3) is 0 Å². The van der Waals surface area contributed by atoms with Gasteiger partial charge in [-0.25, -0.2) is 4.39 Å². The lowest BCUT2D eigenvalue weighted by atomic mass is 9.82. The highest BCUT2D eigenvalue weighted by Gasteiger charge is 2.34. The van der Waals surface area contributed by atoms with Crippen LogP contribution in [0, 0.1) is 11.2 Å². The molecule has 4 heteroatoms. The van der Waals surface area contributed by atoms with E-state index in [0.29, 0.717) is 25.9 Å². The molecule has 3 nitrogen and oxygen atoms in total. The standard InChI is InChI=1S/C16H24FNO2/c1-4-16(5-2,15(19)20)11-18-10-12(3)13-6-8-14(17)9-7-13/h6-9,12,18H,4-5,10-11H2,1-3H3,(H,19,20). The van der Waals surface area contributed by atoms with Crippen LogP contribution in [0.4, 0.5) is 4.39 Å². The number of benzene rings is 1. The smallest absolute Gasteiger partial charge is 0.310 e. The number of hydrogen-bond donors (Lipinski definition) is 2. The molecule has 0 aromatic heterocycles. The van der Waals surface area contributed by atoms with Crippen LogP contribution >= 0.6 is 0 Å². The predicted molar refractivity (Wildman–Crippen MR) is 78.3 cm³/mol. The molecule has 2 N–H and O–H groups in total. The van der Waals surface area contributed by atoms with Gasteiger partial charge in [0.15, 0.2) is 0 Å². The molecule has 0 bridgehead atoms. The van der Waals surface area contributed by atoms with E-state index in [1.165, 1.54) is 12.1 Å². The average molecular weight is 281 g/mol. The molecule has 0 heterocycles. The Kier molecular flexibility index (Phi) is 6.14. The Bertz CT molecular complexity index is 427. The summed E-state index contributed by atoms with van der Waals surface area (Å²) in [5, 5.41) is 12.6. The third kappa shape index (κ3) is 4.04. The number of nitrogens with one attached hydrogen (secondary N) is 1. The van der Waals surface area contributed by atoms with Gasteiger partial charge < -0.3 is 10.4 Å². The fraction of sp³-hybridized carbons (Fsp3) is 0.562. The van der Waals surface area contributed by atoms with E-state index in [9.17, 15) is 14.3 Å². The molecule has 0 aliphatic rings. The van der Waals surface area contributed by atoms with Crippen molar-refractivity contribution in [1.82, 2.24) is 5.32 Å². The zero-order valence-electron chi connectivity index (χ0n) is 12.4. The zero-order valence-corrected chi connectivity index (χ0v) is 12.4. The molecule has 0 spiro atoms. The monoisotopic (exact) mass is 281 g/mol. The van der Waals surface area contributed by atoms with Crippen molar-refractivity contribution >= 4 is 5.97 Å². The van der Waals surface area contributed by atoms with E-state index in [2.05, 4.69) is 5.32 Å². The zero-order chi connectivity index (χ0) is 15.2. The topological polar surface area (TPSA) is 49.3 Å². The second-order valence-electron chi connectivity index (χ2n) is 5.38. The molecular formula is C16H24FNO2. The molecule has 0 saturated heterocycles. The Labute approximate surface area is 120 Å². The lowest BCUT2D eigenvalue weighted by molar-refractivity contribution is -0.149. The molecule has 1 aromatic carbocycles. The predicted octanol–water partition coefficient (Wildman–Crippen LogP) is 3.41. The van der Waals surface area contributed by atoms with Gasteiger partial charge in [-0.15, -0.1) is 0 Å². The number of halogens is 1. The summed E-state index contributed by atoms with van der Waals surface area (Å²) in [4.78, 5) is 11.4. The van der Waals surface area contributed by atoms with Crippen LogP contribution in [0.5, 0.6) is 0 Å². The lowest BCUT2D eigenvalue weighted by Crippen LogP contribution is -2.41. The highest BCUT2D eigenvalue weighted by atomic mass is 19.1. The van der Waals surface area contributed by atoms with Gasteiger partial charge in [-0.1, -0.05) is 32.9 Å². The van der Waals surface area contributed by atoms with Crippen molar-refractivity contribution in [2.45, 2.75) is 39.5 Å². The van der Waals surface area contributed by atoms with Gasteiger partial charge in [-0.05, 0) is 36.5 Å². The number of carboxylic acids is 1. The van der Waals surface area contributed by atoms with Gasteiger partial charge in [0.2, 0.25) is 0 Å². The van der Waals surface area contributed by atoms with Gasteiger partial charge in [-0.2, -0.15) is 0 Å². The first kappa shape index (κ1) is 16.6. The fourth-order valence-electron chi connectivity index (χ4n) is 2.32. The molecule has 20 heavy (non-hydrogen) atoms. The number of rotatable bonds is 8. The maximum Gasteiger partial charge on any atom is 0.310 e. The van der Waals surface area contributed by atoms with Crippen molar-refractivity contribution in [2.24, 2.45) is 5.41 Å². The molecule has 1 unspecified atom stereocenters. The Morgan fingerprint density at radius 2 is 1.85 bits per heavy atom. The minimum atomic E-state index is -0.746. The SMILES string of the molecule is CCC(CC)(CNCC(C)c1ccc(F)cc1)C(=O)O. The molecule has 0 fully saturated rings. The minimum absolute atomic E-state index is 0.218. The van der Waals surface area contributed by atoms with Crippen molar-refractivity contribution in [3.8, 4) is 0 Å². The van der Waals surface area contributed by atoms with E-state index in [4.69, 9.17) is 0 Å². The molecule has 0 aliphatic carbocycles. The summed E-state index contributed by atoms with van der Waals surface area (Å²) in [6, 6.07) is 6.44. The van der Waals surface area contributed by atoms with Crippen LogP contribution in [0.15, 0.2) is 24.3 Å². The third-order valence-corrected chi connectivity index (χ3v) is 4.16. The maximum atomic E-state index is 12.9. The summed E-state index contributed by atoms with van der Waals surface area (Å²) >= 11 is 0. The van der Waals surface area contributed by atoms with Crippen LogP contribution in [0.1, 0.15) is 45.1 Å². The fourth-order valence-corrected chi connectivity index (χ4v) is 2.32. The van der Waals surface area contributed by atoms with Crippen molar-refractivity contribution in [1.29, 1.82) is 0 Å². The van der Waals surface area contributed by atoms with Gasteiger partial charge in [-0.3, -0.25) is 4.79 Å². The van der Waals surface area contributed by atoms with E-state index in [1.807, 2.05) is 20.8 Å². The molecule has 0 radical (unpaired) electrons. The third-order valence-electron chi connectivity index (χ3n) is 4.16. The first-order valence-electron chi connectivity index (χ1n) is 7.14. The molecule has 0 amide bonds. The largest absolute Gasteiger partial charge is 0.481 e. The van der Waals surface area contributed by atoms with E-state index < -0.39 is 11.4 Å². The summed E-state index contributed by atoms with van der Waals surface area (Å²) < 4.78 is 12.9. The van der Waals surface area contributed by atoms with E-state index in [1.54, 1.807) is 12.1 Å². The first-order valence-corrected chi connectivity index (χ1v) is 7.14. The number of carboxylic acid groups (broad SMARTS) is 1. The van der Waals surface area contributed by atoms with Crippen molar-refractivity contribution in [2.75, 3.05) is 13.1 Å². The Balaban J connectivity index is 2.54. The summed E-state index contributed by atoms with van der Waals surface area (Å²) in [6.07, 6.45) is 1.22. The molecule has 0 saturated carbocycles. The number of hydrogen-bond acceptors (Lipinski definition) is 2. The summed E-state index contributed by atoms with van der Waals surface area (Å²) in [5.41, 5.74) is 0.357. The molecule has 0 aliphatic heterocycles. The molecule has 1 aromatic rings. The second-order valence-corrected chi connectivity index (χ2v) is 5.38. The number of aliphatic carboxylic acids is 1. The normalized spacial score (nSPS) is 13.2. The van der Waals surface area contributed by atoms with Crippen LogP contribution in [-0.2, 0) is 4.79 Å². The van der Waals surface area contributed by atoms with Crippen LogP contribution in [-0.4, -0.2) is 24.2 Å². The lowest BCUT2D eigenvalue weighted by Gasteiger charge is -2.27. The summed E-state index contributed by atoms with van der Waals surface area (Å²) in [5.74, 6) is -0.768. The van der Waals surface area contributed by atoms with Crippen molar-refractivity contribution in [3.05, 3.63) is 35.6 Å². The van der Waals surface area contributed by atoms with Crippen molar-refractivity contribution in [3.63, 3.8) is 0 Å². The van der Waals surface area contributed by atoms with E-state index in [-0.39, 0.29) is 11.7 Å². The molecule has 112 valence electrons. The Morgan fingerprint density at radius 1 is 1.30 bits per heavy atom. The van der Waals surface area contributed by atoms with Gasteiger partial charge in [0, 0.05) is 13.1 Å². The van der Waals surface area contributed by atoms with Gasteiger partial charge >= 0.3 is 5.97 Å². The highest BCUT2D eigenvalue weighted by molar-refractivity contribution is 5.74. The molecule has 1 rings (SSSR count). The van der Waals surface area contributed by atoms with Crippen LogP contribution < -0.4 is 5.32 Å². The van der Waals surface area contributed by atoms with Gasteiger partial charge in [0.05, 0.1) is 5.41 Å². The first-order chi connectivity index (χ1) is 9.45. The molecular weight excluding hydrogens is 257 g/mol. The average Bonchev–Trinajstić information content (AvgIpc) is 2.44. The quantitative estimate of drug-likeness (QED) is 0.767. The Hall–Kier alpha value is -1.42. The molecule has 1 atom stereocenters. The van der Waals surface area contributed by atoms with E-state index >= 15 is 0 Å². The Morgan fingerprint density at radius 3 is 2.30 bits per heavy atom. The number of carbonyl (C=O) groups is 1. The van der Waals surface area contributed by atoms with E-state index in [0.717, 1.165) is 5.56 Å². The minimum Gasteiger partial charge on any atom is -0.481 e. The summed E-state index contributed by atoms with van der Waals surface area (Å²) in [7, 11) is 0. The second kappa shape index (κ2) is 7.39.